The van der Waals surface area contributed by atoms with Gasteiger partial charge in [-0.05, 0) is 23.8 Å². The van der Waals surface area contributed by atoms with Crippen LogP contribution in [-0.2, 0) is 9.59 Å². The van der Waals surface area contributed by atoms with Crippen molar-refractivity contribution in [3.8, 4) is 0 Å². The molecule has 1 aromatic rings. The van der Waals surface area contributed by atoms with Crippen LogP contribution in [0.2, 0.25) is 0 Å². The van der Waals surface area contributed by atoms with Crippen LogP contribution in [0, 0.1) is 5.82 Å². The maximum atomic E-state index is 12.9. The molecule has 0 spiro atoms. The third-order valence-electron chi connectivity index (χ3n) is 2.34. The van der Waals surface area contributed by atoms with Gasteiger partial charge in [-0.25, -0.2) is 9.18 Å². The Bertz CT molecular complexity index is 598. The molecular weight excluding hydrogens is 251 g/mol. The normalized spacial score (nSPS) is 15.4. The van der Waals surface area contributed by atoms with Crippen LogP contribution in [0.25, 0.3) is 6.08 Å². The fraction of sp³-hybridized carbons (Fsp3) is 0. The highest BCUT2D eigenvalue weighted by Gasteiger charge is 2.26. The van der Waals surface area contributed by atoms with E-state index in [0.29, 0.717) is 5.56 Å². The van der Waals surface area contributed by atoms with Gasteiger partial charge in [0, 0.05) is 0 Å². The van der Waals surface area contributed by atoms with Crippen LogP contribution >= 0.6 is 0 Å². The molecule has 0 atom stereocenters. The molecule has 1 aliphatic rings. The van der Waals surface area contributed by atoms with E-state index in [1.807, 2.05) is 10.6 Å². The van der Waals surface area contributed by atoms with Crippen molar-refractivity contribution < 1.29 is 18.8 Å². The van der Waals surface area contributed by atoms with Crippen molar-refractivity contribution in [3.63, 3.8) is 0 Å². The molecule has 19 heavy (non-hydrogen) atoms. The lowest BCUT2D eigenvalue weighted by molar-refractivity contribution is -0.124. The number of hydrogen-bond acceptors (Lipinski definition) is 3. The number of halogens is 1. The van der Waals surface area contributed by atoms with Crippen molar-refractivity contribution in [2.45, 2.75) is 0 Å². The average Bonchev–Trinajstić information content (AvgIpc) is 2.32. The Morgan fingerprint density at radius 2 is 1.74 bits per heavy atom. The molecule has 4 amide bonds. The van der Waals surface area contributed by atoms with Crippen LogP contribution in [0.1, 0.15) is 5.56 Å². The van der Waals surface area contributed by atoms with Gasteiger partial charge in [-0.15, -0.1) is 0 Å². The lowest BCUT2D eigenvalue weighted by atomic mass is 10.1. The van der Waals surface area contributed by atoms with E-state index in [9.17, 15) is 18.8 Å². The van der Waals surface area contributed by atoms with Gasteiger partial charge in [0.1, 0.15) is 11.4 Å². The molecule has 0 unspecified atom stereocenters. The van der Waals surface area contributed by atoms with Gasteiger partial charge in [-0.1, -0.05) is 24.3 Å². The molecular formula is C13H9FN2O3. The molecule has 1 heterocycles. The summed E-state index contributed by atoms with van der Waals surface area (Å²) in [6, 6.07) is 4.98. The van der Waals surface area contributed by atoms with E-state index in [1.165, 1.54) is 30.4 Å². The second-order valence-corrected chi connectivity index (χ2v) is 3.73. The van der Waals surface area contributed by atoms with Gasteiger partial charge in [0.25, 0.3) is 11.8 Å². The zero-order chi connectivity index (χ0) is 13.8. The second-order valence-electron chi connectivity index (χ2n) is 3.73. The van der Waals surface area contributed by atoms with Gasteiger partial charge in [-0.3, -0.25) is 20.2 Å². The first-order valence-corrected chi connectivity index (χ1v) is 5.37. The minimum absolute atomic E-state index is 0.188. The number of imide groups is 2. The Balaban J connectivity index is 2.16. The van der Waals surface area contributed by atoms with Crippen molar-refractivity contribution in [2.75, 3.05) is 0 Å². The summed E-state index contributed by atoms with van der Waals surface area (Å²) in [4.78, 5) is 33.5. The van der Waals surface area contributed by atoms with Crippen LogP contribution in [-0.4, -0.2) is 17.8 Å². The Hall–Kier alpha value is -2.76. The summed E-state index contributed by atoms with van der Waals surface area (Å²) < 4.78 is 12.9. The molecule has 2 N–H and O–H groups in total. The molecule has 1 aliphatic heterocycles. The molecule has 0 radical (unpaired) electrons. The van der Waals surface area contributed by atoms with Crippen LogP contribution in [0.4, 0.5) is 9.18 Å². The predicted molar refractivity (Wildman–Crippen MR) is 65.2 cm³/mol. The monoisotopic (exact) mass is 260 g/mol. The van der Waals surface area contributed by atoms with Crippen molar-refractivity contribution >= 4 is 23.9 Å². The maximum absolute atomic E-state index is 12.9. The molecule has 1 aromatic carbocycles. The summed E-state index contributed by atoms with van der Waals surface area (Å²) in [5.74, 6) is -1.91. The molecule has 96 valence electrons. The number of hydrogen-bond donors (Lipinski definition) is 2. The first-order valence-electron chi connectivity index (χ1n) is 5.37. The minimum atomic E-state index is -0.846. The predicted octanol–water partition coefficient (Wildman–Crippen LogP) is 1.13. The topological polar surface area (TPSA) is 75.3 Å². The summed E-state index contributed by atoms with van der Waals surface area (Å²) in [5, 5.41) is 3.89. The average molecular weight is 260 g/mol. The van der Waals surface area contributed by atoms with Crippen LogP contribution in [0.5, 0.6) is 0 Å². The summed E-state index contributed by atoms with van der Waals surface area (Å²) >= 11 is 0. The third kappa shape index (κ3) is 3.12. The molecule has 1 saturated heterocycles. The molecule has 2 rings (SSSR count). The molecule has 0 bridgehead atoms. The van der Waals surface area contributed by atoms with E-state index in [0.717, 1.165) is 0 Å². The first-order chi connectivity index (χ1) is 9.06. The number of allylic oxidation sites excluding steroid dienone is 2. The zero-order valence-corrected chi connectivity index (χ0v) is 9.64. The zero-order valence-electron chi connectivity index (χ0n) is 9.64. The van der Waals surface area contributed by atoms with E-state index >= 15 is 0 Å². The Labute approximate surface area is 107 Å². The standard InChI is InChI=1S/C13H9FN2O3/c14-9-5-1-3-8(7-9)4-2-6-10-11(17)15-13(19)16-12(10)18/h1-7H,(H2,15,16,17,18,19)/b4-2+. The Kier molecular flexibility index (Phi) is 3.51. The van der Waals surface area contributed by atoms with Crippen molar-refractivity contribution in [1.82, 2.24) is 10.6 Å². The maximum Gasteiger partial charge on any atom is 0.328 e. The Morgan fingerprint density at radius 3 is 2.37 bits per heavy atom. The number of benzene rings is 1. The van der Waals surface area contributed by atoms with Crippen LogP contribution in [0.3, 0.4) is 0 Å². The molecule has 6 heteroatoms. The summed E-state index contributed by atoms with van der Waals surface area (Å²) in [7, 11) is 0. The number of barbiturate groups is 1. The van der Waals surface area contributed by atoms with Crippen molar-refractivity contribution in [2.24, 2.45) is 0 Å². The van der Waals surface area contributed by atoms with E-state index in [1.54, 1.807) is 12.1 Å². The SMILES string of the molecule is O=C1NC(=O)C(=C/C=C/c2cccc(F)c2)C(=O)N1. The number of urea groups is 1. The van der Waals surface area contributed by atoms with Crippen LogP contribution < -0.4 is 10.6 Å². The molecule has 0 aromatic heterocycles. The van der Waals surface area contributed by atoms with Crippen molar-refractivity contribution in [1.29, 1.82) is 0 Å². The summed E-state index contributed by atoms with van der Waals surface area (Å²) in [6.45, 7) is 0. The van der Waals surface area contributed by atoms with E-state index < -0.39 is 17.8 Å². The van der Waals surface area contributed by atoms with Crippen molar-refractivity contribution in [3.05, 3.63) is 53.4 Å². The number of carbonyl (C=O) groups is 3. The number of rotatable bonds is 2. The lowest BCUT2D eigenvalue weighted by Crippen LogP contribution is -2.51. The minimum Gasteiger partial charge on any atom is -0.273 e. The number of carbonyl (C=O) groups excluding carboxylic acids is 3. The molecule has 5 nitrogen and oxygen atoms in total. The fourth-order valence-electron chi connectivity index (χ4n) is 1.49. The quantitative estimate of drug-likeness (QED) is 0.618. The second kappa shape index (κ2) is 5.26. The Morgan fingerprint density at radius 1 is 1.05 bits per heavy atom. The van der Waals surface area contributed by atoms with Gasteiger partial charge < -0.3 is 0 Å². The van der Waals surface area contributed by atoms with Crippen LogP contribution in [0.15, 0.2) is 42.0 Å². The molecule has 0 saturated carbocycles. The lowest BCUT2D eigenvalue weighted by Gasteiger charge is -2.12. The number of amides is 4. The largest absolute Gasteiger partial charge is 0.328 e. The summed E-state index contributed by atoms with van der Waals surface area (Å²) in [6.07, 6.45) is 4.22. The molecule has 0 aliphatic carbocycles. The summed E-state index contributed by atoms with van der Waals surface area (Å²) in [5.41, 5.74) is 0.400. The molecule has 1 fully saturated rings. The van der Waals surface area contributed by atoms with Gasteiger partial charge in [0.2, 0.25) is 0 Å². The van der Waals surface area contributed by atoms with Gasteiger partial charge >= 0.3 is 6.03 Å². The van der Waals surface area contributed by atoms with Gasteiger partial charge in [0.15, 0.2) is 0 Å². The highest BCUT2D eigenvalue weighted by atomic mass is 19.1. The number of nitrogens with one attached hydrogen (secondary N) is 2. The van der Waals surface area contributed by atoms with Gasteiger partial charge in [0.05, 0.1) is 0 Å². The van der Waals surface area contributed by atoms with E-state index in [-0.39, 0.29) is 11.4 Å². The highest BCUT2D eigenvalue weighted by molar-refractivity contribution is 6.29. The highest BCUT2D eigenvalue weighted by Crippen LogP contribution is 2.07. The van der Waals surface area contributed by atoms with E-state index in [4.69, 9.17) is 0 Å². The third-order valence-corrected chi connectivity index (χ3v) is 2.34. The fourth-order valence-corrected chi connectivity index (χ4v) is 1.49. The smallest absolute Gasteiger partial charge is 0.273 e. The van der Waals surface area contributed by atoms with E-state index in [2.05, 4.69) is 0 Å². The van der Waals surface area contributed by atoms with Gasteiger partial charge in [-0.2, -0.15) is 0 Å². The first kappa shape index (κ1) is 12.7.